The molecule has 1 aromatic rings. The summed E-state index contributed by atoms with van der Waals surface area (Å²) in [5, 5.41) is 4.17. The van der Waals surface area contributed by atoms with Gasteiger partial charge in [0.15, 0.2) is 0 Å². The van der Waals surface area contributed by atoms with Crippen LogP contribution in [0.1, 0.15) is 46.8 Å². The predicted molar refractivity (Wildman–Crippen MR) is 86.3 cm³/mol. The summed E-state index contributed by atoms with van der Waals surface area (Å²) >= 11 is 1.52. The molecule has 2 aliphatic carbocycles. The van der Waals surface area contributed by atoms with E-state index in [1.807, 2.05) is 7.05 Å². The molecule has 2 aliphatic rings. The fourth-order valence-corrected chi connectivity index (χ4v) is 3.67. The number of thiophene rings is 1. The molecule has 5 nitrogen and oxygen atoms in total. The van der Waals surface area contributed by atoms with Crippen molar-refractivity contribution in [2.24, 2.45) is 0 Å². The lowest BCUT2D eigenvalue weighted by Gasteiger charge is -2.18. The molecule has 0 unspecified atom stereocenters. The van der Waals surface area contributed by atoms with Crippen molar-refractivity contribution >= 4 is 27.9 Å². The number of nitrogens with one attached hydrogen (secondary N) is 1. The third kappa shape index (κ3) is 3.16. The number of likely N-dealkylation sites (N-methyl/N-ethyl adjacent to an activating group) is 1. The van der Waals surface area contributed by atoms with Gasteiger partial charge in [-0.3, -0.25) is 4.79 Å². The lowest BCUT2D eigenvalue weighted by Crippen LogP contribution is -2.25. The molecule has 0 aromatic carbocycles. The van der Waals surface area contributed by atoms with Crippen molar-refractivity contribution in [3.63, 3.8) is 0 Å². The zero-order valence-corrected chi connectivity index (χ0v) is 13.5. The maximum Gasteiger partial charge on any atom is 0.263 e. The fourth-order valence-electron chi connectivity index (χ4n) is 2.47. The molecule has 1 aromatic heterocycles. The molecule has 1 heterocycles. The minimum atomic E-state index is -0.00621. The Morgan fingerprint density at radius 2 is 2.14 bits per heavy atom. The molecule has 116 valence electrons. The summed E-state index contributed by atoms with van der Waals surface area (Å²) in [5.74, 6) is 0.525. The summed E-state index contributed by atoms with van der Waals surface area (Å²) in [6.45, 7) is 1.47. The van der Waals surface area contributed by atoms with Crippen LogP contribution in [0.5, 0.6) is 0 Å². The first-order valence-electron chi connectivity index (χ1n) is 7.55. The second kappa shape index (κ2) is 5.85. The van der Waals surface area contributed by atoms with E-state index in [9.17, 15) is 4.79 Å². The summed E-state index contributed by atoms with van der Waals surface area (Å²) in [5.41, 5.74) is 8.17. The van der Waals surface area contributed by atoms with E-state index < -0.39 is 0 Å². The molecular weight excluding hydrogens is 286 g/mol. The molecule has 1 amide bonds. The molecule has 21 heavy (non-hydrogen) atoms. The van der Waals surface area contributed by atoms with Gasteiger partial charge in [0.05, 0.1) is 17.3 Å². The molecule has 3 rings (SSSR count). The van der Waals surface area contributed by atoms with Crippen molar-refractivity contribution in [2.45, 2.75) is 37.6 Å². The summed E-state index contributed by atoms with van der Waals surface area (Å²) in [4.78, 5) is 15.2. The monoisotopic (exact) mass is 309 g/mol. The van der Waals surface area contributed by atoms with Crippen LogP contribution in [-0.4, -0.2) is 39.3 Å². The average molecular weight is 309 g/mol. The number of hydrogen-bond acceptors (Lipinski definition) is 5. The Kier molecular flexibility index (Phi) is 4.08. The van der Waals surface area contributed by atoms with Crippen molar-refractivity contribution in [2.75, 3.05) is 37.9 Å². The average Bonchev–Trinajstić information content (AvgIpc) is 3.36. The van der Waals surface area contributed by atoms with E-state index in [1.165, 1.54) is 29.7 Å². The normalized spacial score (nSPS) is 17.8. The van der Waals surface area contributed by atoms with Crippen molar-refractivity contribution in [3.8, 4) is 0 Å². The molecule has 6 heteroatoms. The van der Waals surface area contributed by atoms with Gasteiger partial charge in [-0.15, -0.1) is 11.3 Å². The number of amides is 1. The third-order valence-corrected chi connectivity index (χ3v) is 5.38. The van der Waals surface area contributed by atoms with E-state index in [2.05, 4.69) is 10.2 Å². The van der Waals surface area contributed by atoms with Gasteiger partial charge in [0.1, 0.15) is 4.88 Å². The maximum absolute atomic E-state index is 12.3. The minimum Gasteiger partial charge on any atom is -0.397 e. The van der Waals surface area contributed by atoms with Crippen LogP contribution in [0.4, 0.5) is 10.7 Å². The number of carbonyl (C=O) groups excluding carboxylic acids is 1. The predicted octanol–water partition coefficient (Wildman–Crippen LogP) is 2.18. The van der Waals surface area contributed by atoms with Crippen LogP contribution in [0.25, 0.3) is 0 Å². The number of anilines is 2. The summed E-state index contributed by atoms with van der Waals surface area (Å²) in [7, 11) is 3.74. The number of ether oxygens (including phenoxy) is 1. The minimum absolute atomic E-state index is 0.00621. The van der Waals surface area contributed by atoms with E-state index in [-0.39, 0.29) is 5.91 Å². The smallest absolute Gasteiger partial charge is 0.263 e. The van der Waals surface area contributed by atoms with Crippen LogP contribution >= 0.6 is 11.3 Å². The van der Waals surface area contributed by atoms with Gasteiger partial charge >= 0.3 is 0 Å². The Hall–Kier alpha value is -1.27. The number of nitrogen functional groups attached to an aromatic ring is 1. The Balaban J connectivity index is 1.85. The van der Waals surface area contributed by atoms with E-state index in [0.717, 1.165) is 24.4 Å². The van der Waals surface area contributed by atoms with Gasteiger partial charge in [-0.25, -0.2) is 0 Å². The lowest BCUT2D eigenvalue weighted by atomic mass is 10.1. The lowest BCUT2D eigenvalue weighted by molar-refractivity contribution is 0.0956. The quantitative estimate of drug-likeness (QED) is 0.810. The molecule has 0 aliphatic heterocycles. The Bertz CT molecular complexity index is 535. The van der Waals surface area contributed by atoms with E-state index in [1.54, 1.807) is 7.11 Å². The summed E-state index contributed by atoms with van der Waals surface area (Å²) in [6, 6.07) is 0.359. The molecule has 0 atom stereocenters. The number of rotatable bonds is 7. The number of carbonyl (C=O) groups is 1. The summed E-state index contributed by atoms with van der Waals surface area (Å²) in [6.07, 6.45) is 4.53. The highest BCUT2D eigenvalue weighted by molar-refractivity contribution is 7.18. The molecule has 0 saturated heterocycles. The van der Waals surface area contributed by atoms with Gasteiger partial charge in [0.2, 0.25) is 0 Å². The molecule has 0 spiro atoms. The van der Waals surface area contributed by atoms with Crippen LogP contribution in [0.3, 0.4) is 0 Å². The zero-order chi connectivity index (χ0) is 15.0. The number of nitrogens with zero attached hydrogens (tertiary/aromatic N) is 1. The van der Waals surface area contributed by atoms with Gasteiger partial charge in [-0.1, -0.05) is 0 Å². The second-order valence-corrected chi connectivity index (χ2v) is 7.00. The largest absolute Gasteiger partial charge is 0.397 e. The first-order chi connectivity index (χ1) is 10.1. The first kappa shape index (κ1) is 14.7. The second-order valence-electron chi connectivity index (χ2n) is 6.00. The molecule has 2 fully saturated rings. The molecule has 0 radical (unpaired) electrons. The van der Waals surface area contributed by atoms with Crippen LogP contribution in [0, 0.1) is 0 Å². The Morgan fingerprint density at radius 3 is 2.71 bits per heavy atom. The zero-order valence-electron chi connectivity index (χ0n) is 12.6. The van der Waals surface area contributed by atoms with Gasteiger partial charge < -0.3 is 20.7 Å². The topological polar surface area (TPSA) is 67.6 Å². The molecule has 2 saturated carbocycles. The van der Waals surface area contributed by atoms with Crippen molar-refractivity contribution in [1.29, 1.82) is 0 Å². The van der Waals surface area contributed by atoms with Crippen LogP contribution in [0.2, 0.25) is 0 Å². The van der Waals surface area contributed by atoms with E-state index in [4.69, 9.17) is 10.5 Å². The van der Waals surface area contributed by atoms with Gasteiger partial charge in [-0.2, -0.15) is 0 Å². The van der Waals surface area contributed by atoms with Crippen LogP contribution in [-0.2, 0) is 4.74 Å². The summed E-state index contributed by atoms with van der Waals surface area (Å²) < 4.78 is 5.15. The van der Waals surface area contributed by atoms with Gasteiger partial charge in [0.25, 0.3) is 5.91 Å². The van der Waals surface area contributed by atoms with E-state index >= 15 is 0 Å². The van der Waals surface area contributed by atoms with Gasteiger partial charge in [-0.05, 0) is 31.6 Å². The van der Waals surface area contributed by atoms with E-state index in [0.29, 0.717) is 29.1 Å². The SMILES string of the molecule is COCCN(C)c1sc(C(=O)NC2CC2)c(N)c1C1CC1. The number of methoxy groups -OCH3 is 1. The highest BCUT2D eigenvalue weighted by Crippen LogP contribution is 2.51. The number of hydrogen-bond donors (Lipinski definition) is 2. The Morgan fingerprint density at radius 1 is 1.43 bits per heavy atom. The van der Waals surface area contributed by atoms with Gasteiger partial charge in [0, 0.05) is 32.3 Å². The van der Waals surface area contributed by atoms with Crippen molar-refractivity contribution in [3.05, 3.63) is 10.4 Å². The standard InChI is InChI=1S/C15H23N3O2S/c1-18(7-8-20-2)15-11(9-3-4-9)12(16)13(21-15)14(19)17-10-5-6-10/h9-10H,3-8,16H2,1-2H3,(H,17,19). The molecular formula is C15H23N3O2S. The Labute approximate surface area is 129 Å². The fraction of sp³-hybridized carbons (Fsp3) is 0.667. The first-order valence-corrected chi connectivity index (χ1v) is 8.36. The third-order valence-electron chi connectivity index (χ3n) is 4.05. The van der Waals surface area contributed by atoms with Crippen molar-refractivity contribution in [1.82, 2.24) is 5.32 Å². The highest BCUT2D eigenvalue weighted by Gasteiger charge is 2.35. The molecule has 3 N–H and O–H groups in total. The molecule has 0 bridgehead atoms. The highest BCUT2D eigenvalue weighted by atomic mass is 32.1. The number of nitrogens with two attached hydrogens (primary N) is 1. The van der Waals surface area contributed by atoms with Crippen LogP contribution in [0.15, 0.2) is 0 Å². The maximum atomic E-state index is 12.3. The van der Waals surface area contributed by atoms with Crippen LogP contribution < -0.4 is 16.0 Å². The van der Waals surface area contributed by atoms with Crippen molar-refractivity contribution < 1.29 is 9.53 Å².